The lowest BCUT2D eigenvalue weighted by atomic mass is 9.99. The summed E-state index contributed by atoms with van der Waals surface area (Å²) in [5.74, 6) is 1.13. The van der Waals surface area contributed by atoms with Gasteiger partial charge in [-0.25, -0.2) is 0 Å². The van der Waals surface area contributed by atoms with E-state index in [1.165, 1.54) is 30.0 Å². The molecular weight excluding hydrogens is 240 g/mol. The summed E-state index contributed by atoms with van der Waals surface area (Å²) < 4.78 is 0. The van der Waals surface area contributed by atoms with E-state index in [4.69, 9.17) is 0 Å². The Hall–Kier alpha value is -0.670. The number of likely N-dealkylation sites (tertiary alicyclic amines) is 1. The summed E-state index contributed by atoms with van der Waals surface area (Å²) >= 11 is 1.92. The minimum Gasteiger partial charge on any atom is -0.381 e. The second-order valence-electron chi connectivity index (χ2n) is 5.12. The minimum atomic E-state index is 0.620. The number of rotatable bonds is 4. The molecule has 1 aliphatic rings. The molecule has 1 aliphatic heterocycles. The second-order valence-corrected chi connectivity index (χ2v) is 6.43. The van der Waals surface area contributed by atoms with Crippen LogP contribution in [0.25, 0.3) is 0 Å². The van der Waals surface area contributed by atoms with Crippen molar-refractivity contribution in [3.8, 4) is 0 Å². The van der Waals surface area contributed by atoms with Gasteiger partial charge in [0, 0.05) is 29.2 Å². The third-order valence-electron chi connectivity index (χ3n) is 3.75. The standard InChI is InChI=1S/C15H24N2S/c1-4-18-15-8-6-5-7-14(15)16-13-9-10-17(3)12(2)11-13/h5-8,12-13,16H,4,9-11H2,1-3H3. The zero-order valence-electron chi connectivity index (χ0n) is 11.6. The predicted molar refractivity (Wildman–Crippen MR) is 81.6 cm³/mol. The van der Waals surface area contributed by atoms with E-state index in [1.54, 1.807) is 0 Å². The number of nitrogens with one attached hydrogen (secondary N) is 1. The van der Waals surface area contributed by atoms with Crippen LogP contribution in [0.5, 0.6) is 0 Å². The summed E-state index contributed by atoms with van der Waals surface area (Å²) in [6.07, 6.45) is 2.48. The second kappa shape index (κ2) is 6.48. The zero-order valence-corrected chi connectivity index (χ0v) is 12.5. The van der Waals surface area contributed by atoms with Crippen molar-refractivity contribution >= 4 is 17.4 Å². The zero-order chi connectivity index (χ0) is 13.0. The average Bonchev–Trinajstić information content (AvgIpc) is 2.37. The van der Waals surface area contributed by atoms with Gasteiger partial charge in [-0.2, -0.15) is 0 Å². The summed E-state index contributed by atoms with van der Waals surface area (Å²) in [4.78, 5) is 3.83. The molecule has 0 aliphatic carbocycles. The van der Waals surface area contributed by atoms with E-state index in [0.29, 0.717) is 12.1 Å². The van der Waals surface area contributed by atoms with Crippen LogP contribution in [-0.4, -0.2) is 36.3 Å². The molecule has 0 amide bonds. The molecule has 1 N–H and O–H groups in total. The minimum absolute atomic E-state index is 0.620. The lowest BCUT2D eigenvalue weighted by Gasteiger charge is -2.36. The number of hydrogen-bond donors (Lipinski definition) is 1. The molecule has 2 nitrogen and oxygen atoms in total. The van der Waals surface area contributed by atoms with Gasteiger partial charge in [0.15, 0.2) is 0 Å². The monoisotopic (exact) mass is 264 g/mol. The van der Waals surface area contributed by atoms with E-state index < -0.39 is 0 Å². The van der Waals surface area contributed by atoms with Crippen LogP contribution in [-0.2, 0) is 0 Å². The van der Waals surface area contributed by atoms with Crippen molar-refractivity contribution in [2.45, 2.75) is 43.7 Å². The van der Waals surface area contributed by atoms with Crippen LogP contribution in [0.15, 0.2) is 29.2 Å². The van der Waals surface area contributed by atoms with Crippen LogP contribution in [0, 0.1) is 0 Å². The van der Waals surface area contributed by atoms with E-state index in [1.807, 2.05) is 11.8 Å². The third kappa shape index (κ3) is 3.42. The van der Waals surface area contributed by atoms with Crippen molar-refractivity contribution in [1.82, 2.24) is 4.90 Å². The van der Waals surface area contributed by atoms with Gasteiger partial charge in [0.25, 0.3) is 0 Å². The van der Waals surface area contributed by atoms with Crippen LogP contribution in [0.2, 0.25) is 0 Å². The van der Waals surface area contributed by atoms with Crippen LogP contribution >= 0.6 is 11.8 Å². The number of benzene rings is 1. The van der Waals surface area contributed by atoms with Crippen LogP contribution in [0.3, 0.4) is 0 Å². The van der Waals surface area contributed by atoms with Gasteiger partial charge in [0.05, 0.1) is 0 Å². The molecule has 0 saturated carbocycles. The van der Waals surface area contributed by atoms with Gasteiger partial charge in [-0.1, -0.05) is 19.1 Å². The topological polar surface area (TPSA) is 15.3 Å². The SMILES string of the molecule is CCSc1ccccc1NC1CCN(C)C(C)C1. The Kier molecular flexibility index (Phi) is 4.95. The molecule has 1 fully saturated rings. The maximum absolute atomic E-state index is 3.74. The summed E-state index contributed by atoms with van der Waals surface area (Å²) in [5.41, 5.74) is 1.31. The highest BCUT2D eigenvalue weighted by atomic mass is 32.2. The number of anilines is 1. The molecule has 3 heteroatoms. The van der Waals surface area contributed by atoms with Crippen molar-refractivity contribution in [3.63, 3.8) is 0 Å². The van der Waals surface area contributed by atoms with E-state index >= 15 is 0 Å². The maximum Gasteiger partial charge on any atom is 0.0480 e. The molecule has 18 heavy (non-hydrogen) atoms. The first-order valence-corrected chi connectivity index (χ1v) is 7.88. The molecule has 0 bridgehead atoms. The summed E-state index contributed by atoms with van der Waals surface area (Å²) in [5, 5.41) is 3.74. The molecule has 1 aromatic carbocycles. The molecule has 1 saturated heterocycles. The van der Waals surface area contributed by atoms with Crippen molar-refractivity contribution in [2.24, 2.45) is 0 Å². The Bertz CT molecular complexity index is 381. The fraction of sp³-hybridized carbons (Fsp3) is 0.600. The fourth-order valence-electron chi connectivity index (χ4n) is 2.51. The first kappa shape index (κ1) is 13.8. The Morgan fingerprint density at radius 3 is 2.89 bits per heavy atom. The summed E-state index contributed by atoms with van der Waals surface area (Å²) in [7, 11) is 2.22. The Morgan fingerprint density at radius 2 is 2.17 bits per heavy atom. The van der Waals surface area contributed by atoms with Gasteiger partial charge in [-0.3, -0.25) is 0 Å². The lowest BCUT2D eigenvalue weighted by molar-refractivity contribution is 0.190. The number of hydrogen-bond acceptors (Lipinski definition) is 3. The van der Waals surface area contributed by atoms with Crippen molar-refractivity contribution < 1.29 is 0 Å². The largest absolute Gasteiger partial charge is 0.381 e. The van der Waals surface area contributed by atoms with Crippen molar-refractivity contribution in [1.29, 1.82) is 0 Å². The molecule has 2 unspecified atom stereocenters. The van der Waals surface area contributed by atoms with Gasteiger partial charge < -0.3 is 10.2 Å². The van der Waals surface area contributed by atoms with Gasteiger partial charge >= 0.3 is 0 Å². The highest BCUT2D eigenvalue weighted by Gasteiger charge is 2.22. The first-order valence-electron chi connectivity index (χ1n) is 6.89. The predicted octanol–water partition coefficient (Wildman–Crippen LogP) is 3.69. The quantitative estimate of drug-likeness (QED) is 0.835. The molecule has 2 rings (SSSR count). The Labute approximate surface area is 115 Å². The van der Waals surface area contributed by atoms with Gasteiger partial charge in [0.1, 0.15) is 0 Å². The first-order chi connectivity index (χ1) is 8.70. The maximum atomic E-state index is 3.74. The van der Waals surface area contributed by atoms with Gasteiger partial charge in [-0.15, -0.1) is 11.8 Å². The number of nitrogens with zero attached hydrogens (tertiary/aromatic N) is 1. The summed E-state index contributed by atoms with van der Waals surface area (Å²) in [6.45, 7) is 5.72. The molecular formula is C15H24N2S. The van der Waals surface area contributed by atoms with E-state index in [-0.39, 0.29) is 0 Å². The molecule has 0 radical (unpaired) electrons. The molecule has 0 aromatic heterocycles. The fourth-order valence-corrected chi connectivity index (χ4v) is 3.28. The average molecular weight is 264 g/mol. The van der Waals surface area contributed by atoms with E-state index in [9.17, 15) is 0 Å². The smallest absolute Gasteiger partial charge is 0.0480 e. The van der Waals surface area contributed by atoms with Crippen molar-refractivity contribution in [3.05, 3.63) is 24.3 Å². The number of para-hydroxylation sites is 1. The van der Waals surface area contributed by atoms with Gasteiger partial charge in [-0.05, 0) is 44.7 Å². The molecule has 1 heterocycles. The molecule has 0 spiro atoms. The summed E-state index contributed by atoms with van der Waals surface area (Å²) in [6, 6.07) is 9.98. The Balaban J connectivity index is 2.01. The Morgan fingerprint density at radius 1 is 1.39 bits per heavy atom. The molecule has 2 atom stereocenters. The molecule has 100 valence electrons. The van der Waals surface area contributed by atoms with E-state index in [0.717, 1.165) is 5.75 Å². The third-order valence-corrected chi connectivity index (χ3v) is 4.71. The van der Waals surface area contributed by atoms with Gasteiger partial charge in [0.2, 0.25) is 0 Å². The highest BCUT2D eigenvalue weighted by Crippen LogP contribution is 2.29. The lowest BCUT2D eigenvalue weighted by Crippen LogP contribution is -2.42. The normalized spacial score (nSPS) is 25.1. The highest BCUT2D eigenvalue weighted by molar-refractivity contribution is 7.99. The molecule has 1 aromatic rings. The number of thioether (sulfide) groups is 1. The van der Waals surface area contributed by atoms with Crippen LogP contribution < -0.4 is 5.32 Å². The van der Waals surface area contributed by atoms with Crippen LogP contribution in [0.1, 0.15) is 26.7 Å². The van der Waals surface area contributed by atoms with Crippen LogP contribution in [0.4, 0.5) is 5.69 Å². The van der Waals surface area contributed by atoms with E-state index in [2.05, 4.69) is 55.4 Å². The van der Waals surface area contributed by atoms with Crippen molar-refractivity contribution in [2.75, 3.05) is 24.7 Å². The number of piperidine rings is 1.